The molecule has 2 unspecified atom stereocenters. The van der Waals surface area contributed by atoms with E-state index in [1.807, 2.05) is 19.9 Å². The second-order valence-electron chi connectivity index (χ2n) is 8.26. The first-order valence-corrected chi connectivity index (χ1v) is 12.2. The van der Waals surface area contributed by atoms with Crippen molar-refractivity contribution in [2.45, 2.75) is 70.7 Å². The van der Waals surface area contributed by atoms with Crippen molar-refractivity contribution in [2.24, 2.45) is 11.8 Å². The lowest BCUT2D eigenvalue weighted by atomic mass is 9.81. The average Bonchev–Trinajstić information content (AvgIpc) is 2.94. The molecule has 2 aliphatic rings. The number of rotatable bonds is 8. The lowest BCUT2D eigenvalue weighted by Gasteiger charge is -2.23. The molecule has 160 valence electrons. The Hall–Kier alpha value is -1.73. The Labute approximate surface area is 174 Å². The molecule has 0 N–H and O–H groups in total. The van der Waals surface area contributed by atoms with E-state index in [4.69, 9.17) is 0 Å². The third-order valence-corrected chi connectivity index (χ3v) is 8.13. The lowest BCUT2D eigenvalue weighted by Crippen LogP contribution is -2.33. The highest BCUT2D eigenvalue weighted by Crippen LogP contribution is 2.38. The molecule has 1 saturated carbocycles. The largest absolute Gasteiger partial charge is 0.278 e. The number of amides is 2. The van der Waals surface area contributed by atoms with Gasteiger partial charge in [-0.05, 0) is 49.8 Å². The monoisotopic (exact) mass is 420 g/mol. The molecule has 1 saturated heterocycles. The molecule has 2 atom stereocenters. The number of imide groups is 1. The Morgan fingerprint density at radius 1 is 1.00 bits per heavy atom. The number of carbonyl (C=O) groups is 2. The van der Waals surface area contributed by atoms with Gasteiger partial charge in [0, 0.05) is 13.1 Å². The number of hydrogen-bond acceptors (Lipinski definition) is 4. The number of likely N-dealkylation sites (tertiary alicyclic amines) is 1. The van der Waals surface area contributed by atoms with Crippen LogP contribution < -0.4 is 0 Å². The molecule has 29 heavy (non-hydrogen) atoms. The van der Waals surface area contributed by atoms with E-state index < -0.39 is 10.0 Å². The molecule has 0 radical (unpaired) electrons. The van der Waals surface area contributed by atoms with Crippen LogP contribution in [0.25, 0.3) is 0 Å². The summed E-state index contributed by atoms with van der Waals surface area (Å²) in [6, 6.07) is 5.24. The summed E-state index contributed by atoms with van der Waals surface area (Å²) >= 11 is 0. The molecule has 0 bridgehead atoms. The number of hydrogen-bond donors (Lipinski definition) is 0. The van der Waals surface area contributed by atoms with Crippen LogP contribution in [0.4, 0.5) is 0 Å². The van der Waals surface area contributed by atoms with E-state index in [0.29, 0.717) is 24.2 Å². The Morgan fingerprint density at radius 2 is 1.55 bits per heavy atom. The highest BCUT2D eigenvalue weighted by Gasteiger charge is 2.47. The van der Waals surface area contributed by atoms with Crippen molar-refractivity contribution in [1.29, 1.82) is 0 Å². The van der Waals surface area contributed by atoms with Gasteiger partial charge in [0.15, 0.2) is 0 Å². The van der Waals surface area contributed by atoms with Crippen LogP contribution in [0.15, 0.2) is 23.1 Å². The predicted molar refractivity (Wildman–Crippen MR) is 112 cm³/mol. The molecular weight excluding hydrogens is 388 g/mol. The second-order valence-corrected chi connectivity index (χ2v) is 10.2. The molecule has 1 aromatic rings. The van der Waals surface area contributed by atoms with Crippen LogP contribution in [0.1, 0.15) is 63.5 Å². The first-order chi connectivity index (χ1) is 13.8. The summed E-state index contributed by atoms with van der Waals surface area (Å²) in [5, 5.41) is 0. The maximum atomic E-state index is 13.2. The quantitative estimate of drug-likeness (QED) is 0.604. The van der Waals surface area contributed by atoms with Crippen molar-refractivity contribution >= 4 is 21.8 Å². The van der Waals surface area contributed by atoms with Crippen molar-refractivity contribution in [3.05, 3.63) is 29.3 Å². The maximum absolute atomic E-state index is 13.2. The molecule has 2 amide bonds. The zero-order valence-corrected chi connectivity index (χ0v) is 18.5. The van der Waals surface area contributed by atoms with Crippen LogP contribution in [-0.4, -0.2) is 42.5 Å². The highest BCUT2D eigenvalue weighted by molar-refractivity contribution is 7.89. The average molecular weight is 421 g/mol. The fourth-order valence-electron chi connectivity index (χ4n) is 4.58. The minimum atomic E-state index is -3.62. The molecule has 0 aromatic heterocycles. The molecule has 0 spiro atoms. The van der Waals surface area contributed by atoms with Crippen molar-refractivity contribution in [1.82, 2.24) is 9.21 Å². The molecule has 3 rings (SSSR count). The number of fused-ring (bicyclic) bond motifs is 1. The van der Waals surface area contributed by atoms with Crippen molar-refractivity contribution in [2.75, 3.05) is 13.1 Å². The van der Waals surface area contributed by atoms with E-state index in [-0.39, 0.29) is 35.1 Å². The third kappa shape index (κ3) is 4.26. The minimum absolute atomic E-state index is 0.0942. The SMILES string of the molecule is CCCN(CCC)S(=O)(=O)c1cc(CN2C(=O)C3CCCCC3C2=O)ccc1C. The Balaban J connectivity index is 1.87. The fourth-order valence-corrected chi connectivity index (χ4v) is 6.48. The molecule has 6 nitrogen and oxygen atoms in total. The smallest absolute Gasteiger partial charge is 0.243 e. The van der Waals surface area contributed by atoms with Crippen molar-refractivity contribution < 1.29 is 18.0 Å². The lowest BCUT2D eigenvalue weighted by molar-refractivity contribution is -0.140. The molecular formula is C22H32N2O4S. The number of nitrogens with zero attached hydrogens (tertiary/aromatic N) is 2. The number of sulfonamides is 1. The molecule has 1 aliphatic heterocycles. The van der Waals surface area contributed by atoms with Crippen LogP contribution >= 0.6 is 0 Å². The first kappa shape index (κ1) is 22.0. The van der Waals surface area contributed by atoms with Gasteiger partial charge in [-0.2, -0.15) is 4.31 Å². The second kappa shape index (κ2) is 8.96. The Kier molecular flexibility index (Phi) is 6.79. The maximum Gasteiger partial charge on any atom is 0.243 e. The van der Waals surface area contributed by atoms with E-state index in [9.17, 15) is 18.0 Å². The zero-order chi connectivity index (χ0) is 21.2. The van der Waals surface area contributed by atoms with Crippen molar-refractivity contribution in [3.8, 4) is 0 Å². The molecule has 1 heterocycles. The number of carbonyl (C=O) groups excluding carboxylic acids is 2. The van der Waals surface area contributed by atoms with Gasteiger partial charge in [-0.1, -0.05) is 38.8 Å². The molecule has 2 fully saturated rings. The van der Waals surface area contributed by atoms with E-state index in [0.717, 1.165) is 38.5 Å². The topological polar surface area (TPSA) is 74.8 Å². The van der Waals surface area contributed by atoms with Gasteiger partial charge in [0.1, 0.15) is 0 Å². The summed E-state index contributed by atoms with van der Waals surface area (Å²) in [5.74, 6) is -0.560. The normalized spacial score (nSPS) is 22.4. The van der Waals surface area contributed by atoms with Crippen LogP contribution in [-0.2, 0) is 26.2 Å². The summed E-state index contributed by atoms with van der Waals surface area (Å²) < 4.78 is 28.0. The van der Waals surface area contributed by atoms with Gasteiger partial charge in [0.25, 0.3) is 0 Å². The summed E-state index contributed by atoms with van der Waals surface area (Å²) in [6.07, 6.45) is 5.04. The van der Waals surface area contributed by atoms with Crippen molar-refractivity contribution in [3.63, 3.8) is 0 Å². The van der Waals surface area contributed by atoms with Gasteiger partial charge < -0.3 is 0 Å². The third-order valence-electron chi connectivity index (χ3n) is 6.09. The zero-order valence-electron chi connectivity index (χ0n) is 17.7. The summed E-state index contributed by atoms with van der Waals surface area (Å²) in [6.45, 7) is 6.82. The van der Waals surface area contributed by atoms with Crippen LogP contribution in [0.5, 0.6) is 0 Å². The summed E-state index contributed by atoms with van der Waals surface area (Å²) in [5.41, 5.74) is 1.36. The van der Waals surface area contributed by atoms with Crippen LogP contribution in [0.2, 0.25) is 0 Å². The van der Waals surface area contributed by atoms with Gasteiger partial charge in [-0.3, -0.25) is 14.5 Å². The summed E-state index contributed by atoms with van der Waals surface area (Å²) in [7, 11) is -3.62. The highest BCUT2D eigenvalue weighted by atomic mass is 32.2. The van der Waals surface area contributed by atoms with Gasteiger partial charge in [0.2, 0.25) is 21.8 Å². The van der Waals surface area contributed by atoms with E-state index in [1.54, 1.807) is 19.1 Å². The minimum Gasteiger partial charge on any atom is -0.278 e. The van der Waals surface area contributed by atoms with Gasteiger partial charge in [0.05, 0.1) is 23.3 Å². The number of benzene rings is 1. The van der Waals surface area contributed by atoms with Gasteiger partial charge >= 0.3 is 0 Å². The van der Waals surface area contributed by atoms with Gasteiger partial charge in [-0.15, -0.1) is 0 Å². The Morgan fingerprint density at radius 3 is 2.07 bits per heavy atom. The number of aryl methyl sites for hydroxylation is 1. The van der Waals surface area contributed by atoms with Gasteiger partial charge in [-0.25, -0.2) is 8.42 Å². The molecule has 7 heteroatoms. The van der Waals surface area contributed by atoms with E-state index in [1.165, 1.54) is 9.21 Å². The van der Waals surface area contributed by atoms with E-state index in [2.05, 4.69) is 0 Å². The molecule has 1 aliphatic carbocycles. The summed E-state index contributed by atoms with van der Waals surface area (Å²) in [4.78, 5) is 27.1. The predicted octanol–water partition coefficient (Wildman–Crippen LogP) is 3.48. The van der Waals surface area contributed by atoms with Crippen LogP contribution in [0.3, 0.4) is 0 Å². The van der Waals surface area contributed by atoms with E-state index >= 15 is 0 Å². The molecule has 1 aromatic carbocycles. The fraction of sp³-hybridized carbons (Fsp3) is 0.636. The van der Waals surface area contributed by atoms with Crippen LogP contribution in [0, 0.1) is 18.8 Å². The standard InChI is InChI=1S/C22H32N2O4S/c1-4-12-23(13-5-2)29(27,28)20-14-17(11-10-16(20)3)15-24-21(25)18-8-6-7-9-19(18)22(24)26/h10-11,14,18-19H,4-9,12-13,15H2,1-3H3. The first-order valence-electron chi connectivity index (χ1n) is 10.8. The Bertz CT molecular complexity index is 851.